The van der Waals surface area contributed by atoms with Crippen LogP contribution in [0.4, 0.5) is 0 Å². The SMILES string of the molecule is C=C/C(=N\N(C)C)OC(C)C. The van der Waals surface area contributed by atoms with Crippen molar-refractivity contribution >= 4 is 5.90 Å². The second-order valence-electron chi connectivity index (χ2n) is 2.66. The lowest BCUT2D eigenvalue weighted by Crippen LogP contribution is -2.13. The van der Waals surface area contributed by atoms with Gasteiger partial charge in [0.05, 0.1) is 6.10 Å². The largest absolute Gasteiger partial charge is 0.474 e. The molecule has 11 heavy (non-hydrogen) atoms. The van der Waals surface area contributed by atoms with Crippen LogP contribution in [0.2, 0.25) is 0 Å². The zero-order valence-electron chi connectivity index (χ0n) is 7.66. The van der Waals surface area contributed by atoms with Gasteiger partial charge in [0.25, 0.3) is 0 Å². The Morgan fingerprint density at radius 1 is 1.55 bits per heavy atom. The summed E-state index contributed by atoms with van der Waals surface area (Å²) in [6.45, 7) is 7.49. The van der Waals surface area contributed by atoms with Crippen LogP contribution in [0.1, 0.15) is 13.8 Å². The summed E-state index contributed by atoms with van der Waals surface area (Å²) in [4.78, 5) is 0. The summed E-state index contributed by atoms with van der Waals surface area (Å²) < 4.78 is 5.30. The fourth-order valence-electron chi connectivity index (χ4n) is 0.551. The fraction of sp³-hybridized carbons (Fsp3) is 0.625. The summed E-state index contributed by atoms with van der Waals surface area (Å²) in [5.41, 5.74) is 0. The molecule has 0 unspecified atom stereocenters. The van der Waals surface area contributed by atoms with Gasteiger partial charge in [0, 0.05) is 14.1 Å². The highest BCUT2D eigenvalue weighted by Gasteiger charge is 1.97. The van der Waals surface area contributed by atoms with Gasteiger partial charge < -0.3 is 4.74 Å². The van der Waals surface area contributed by atoms with E-state index in [1.165, 1.54) is 0 Å². The molecule has 0 spiro atoms. The molecule has 0 N–H and O–H groups in total. The van der Waals surface area contributed by atoms with Crippen LogP contribution in [0.15, 0.2) is 17.8 Å². The van der Waals surface area contributed by atoms with Gasteiger partial charge in [-0.05, 0) is 19.9 Å². The molecule has 0 radical (unpaired) electrons. The van der Waals surface area contributed by atoms with E-state index in [0.29, 0.717) is 5.90 Å². The van der Waals surface area contributed by atoms with E-state index in [1.807, 2.05) is 27.9 Å². The molecule has 3 heteroatoms. The second-order valence-corrected chi connectivity index (χ2v) is 2.66. The van der Waals surface area contributed by atoms with Crippen molar-refractivity contribution in [1.29, 1.82) is 0 Å². The molecule has 64 valence electrons. The Labute approximate surface area is 68.3 Å². The van der Waals surface area contributed by atoms with E-state index in [9.17, 15) is 0 Å². The van der Waals surface area contributed by atoms with E-state index in [1.54, 1.807) is 11.1 Å². The summed E-state index contributed by atoms with van der Waals surface area (Å²) in [5, 5.41) is 5.73. The molecular formula is C8H16N2O. The molecule has 0 aliphatic carbocycles. The van der Waals surface area contributed by atoms with Crippen molar-refractivity contribution in [2.45, 2.75) is 20.0 Å². The summed E-state index contributed by atoms with van der Waals surface area (Å²) in [5.74, 6) is 0.560. The van der Waals surface area contributed by atoms with Gasteiger partial charge in [-0.2, -0.15) is 0 Å². The molecule has 0 heterocycles. The van der Waals surface area contributed by atoms with Gasteiger partial charge in [-0.25, -0.2) is 0 Å². The highest BCUT2D eigenvalue weighted by atomic mass is 16.5. The predicted octanol–water partition coefficient (Wildman–Crippen LogP) is 1.47. The monoisotopic (exact) mass is 156 g/mol. The summed E-state index contributed by atoms with van der Waals surface area (Å²) in [6, 6.07) is 0. The predicted molar refractivity (Wildman–Crippen MR) is 47.5 cm³/mol. The lowest BCUT2D eigenvalue weighted by atomic mass is 10.5. The standard InChI is InChI=1S/C8H16N2O/c1-6-8(9-10(4)5)11-7(2)3/h6-7H,1H2,2-5H3/b9-8+. The molecule has 0 aromatic heterocycles. The van der Waals surface area contributed by atoms with Crippen LogP contribution >= 0.6 is 0 Å². The van der Waals surface area contributed by atoms with Gasteiger partial charge in [0.15, 0.2) is 0 Å². The van der Waals surface area contributed by atoms with Gasteiger partial charge in [0.1, 0.15) is 0 Å². The van der Waals surface area contributed by atoms with Crippen molar-refractivity contribution in [1.82, 2.24) is 5.01 Å². The smallest absolute Gasteiger partial charge is 0.230 e. The van der Waals surface area contributed by atoms with Gasteiger partial charge in [-0.15, -0.1) is 5.10 Å². The van der Waals surface area contributed by atoms with E-state index in [0.717, 1.165) is 0 Å². The Bertz CT molecular complexity index is 150. The molecule has 0 amide bonds. The average molecular weight is 156 g/mol. The van der Waals surface area contributed by atoms with Crippen molar-refractivity contribution in [2.75, 3.05) is 14.1 Å². The maximum atomic E-state index is 5.30. The molecule has 0 aromatic carbocycles. The third-order valence-corrected chi connectivity index (χ3v) is 0.830. The Morgan fingerprint density at radius 3 is 2.36 bits per heavy atom. The minimum Gasteiger partial charge on any atom is -0.474 e. The molecule has 0 saturated heterocycles. The van der Waals surface area contributed by atoms with E-state index in [2.05, 4.69) is 11.7 Å². The second kappa shape index (κ2) is 4.77. The first-order valence-corrected chi connectivity index (χ1v) is 3.61. The molecule has 0 saturated carbocycles. The van der Waals surface area contributed by atoms with Crippen molar-refractivity contribution in [3.63, 3.8) is 0 Å². The molecule has 0 aliphatic rings. The number of hydrazone groups is 1. The van der Waals surface area contributed by atoms with Crippen molar-refractivity contribution in [3.8, 4) is 0 Å². The lowest BCUT2D eigenvalue weighted by Gasteiger charge is -2.11. The third-order valence-electron chi connectivity index (χ3n) is 0.830. The average Bonchev–Trinajstić information content (AvgIpc) is 1.84. The molecule has 3 nitrogen and oxygen atoms in total. The van der Waals surface area contributed by atoms with Crippen LogP contribution < -0.4 is 0 Å². The molecule has 0 rings (SSSR count). The normalized spacial score (nSPS) is 11.5. The highest BCUT2D eigenvalue weighted by Crippen LogP contribution is 1.93. The minimum absolute atomic E-state index is 0.145. The third kappa shape index (κ3) is 5.45. The zero-order valence-corrected chi connectivity index (χ0v) is 7.66. The molecular weight excluding hydrogens is 140 g/mol. The number of hydrogen-bond acceptors (Lipinski definition) is 3. The van der Waals surface area contributed by atoms with Gasteiger partial charge in [-0.1, -0.05) is 6.58 Å². The van der Waals surface area contributed by atoms with Crippen LogP contribution in [0, 0.1) is 0 Å². The zero-order chi connectivity index (χ0) is 8.85. The van der Waals surface area contributed by atoms with Gasteiger partial charge in [0.2, 0.25) is 5.90 Å². The summed E-state index contributed by atoms with van der Waals surface area (Å²) >= 11 is 0. The molecule has 0 aliphatic heterocycles. The van der Waals surface area contributed by atoms with Gasteiger partial charge >= 0.3 is 0 Å². The van der Waals surface area contributed by atoms with Crippen LogP contribution in [0.5, 0.6) is 0 Å². The first kappa shape index (κ1) is 10.0. The Hall–Kier alpha value is -0.990. The first-order valence-electron chi connectivity index (χ1n) is 3.61. The summed E-state index contributed by atoms with van der Waals surface area (Å²) in [6.07, 6.45) is 1.74. The molecule has 0 atom stereocenters. The number of ether oxygens (including phenoxy) is 1. The van der Waals surface area contributed by atoms with Crippen molar-refractivity contribution in [2.24, 2.45) is 5.10 Å². The number of nitrogens with zero attached hydrogens (tertiary/aromatic N) is 2. The molecule has 0 fully saturated rings. The lowest BCUT2D eigenvalue weighted by molar-refractivity contribution is 0.222. The van der Waals surface area contributed by atoms with Crippen molar-refractivity contribution in [3.05, 3.63) is 12.7 Å². The fourth-order valence-corrected chi connectivity index (χ4v) is 0.551. The first-order chi connectivity index (χ1) is 5.06. The minimum atomic E-state index is 0.145. The topological polar surface area (TPSA) is 24.8 Å². The van der Waals surface area contributed by atoms with Crippen LogP contribution in [0.25, 0.3) is 0 Å². The van der Waals surface area contributed by atoms with E-state index >= 15 is 0 Å². The number of hydrogen-bond donors (Lipinski definition) is 0. The van der Waals surface area contributed by atoms with Gasteiger partial charge in [-0.3, -0.25) is 5.01 Å². The quantitative estimate of drug-likeness (QED) is 0.351. The Morgan fingerprint density at radius 2 is 2.09 bits per heavy atom. The molecule has 0 aromatic rings. The summed E-state index contributed by atoms with van der Waals surface area (Å²) in [7, 11) is 3.68. The van der Waals surface area contributed by atoms with Crippen molar-refractivity contribution < 1.29 is 4.74 Å². The Kier molecular flexibility index (Phi) is 4.34. The van der Waals surface area contributed by atoms with E-state index in [-0.39, 0.29) is 6.10 Å². The van der Waals surface area contributed by atoms with Crippen LogP contribution in [-0.4, -0.2) is 31.1 Å². The highest BCUT2D eigenvalue weighted by molar-refractivity contribution is 5.86. The van der Waals surface area contributed by atoms with E-state index in [4.69, 9.17) is 4.74 Å². The molecule has 0 bridgehead atoms. The van der Waals surface area contributed by atoms with Crippen LogP contribution in [-0.2, 0) is 4.74 Å². The maximum absolute atomic E-state index is 5.30. The maximum Gasteiger partial charge on any atom is 0.230 e. The van der Waals surface area contributed by atoms with Crippen LogP contribution in [0.3, 0.4) is 0 Å². The Balaban J connectivity index is 4.05. The van der Waals surface area contributed by atoms with E-state index < -0.39 is 0 Å². The number of rotatable bonds is 3.